The van der Waals surface area contributed by atoms with Crippen LogP contribution in [-0.4, -0.2) is 75.0 Å². The molecule has 37 heavy (non-hydrogen) atoms. The predicted molar refractivity (Wildman–Crippen MR) is 131 cm³/mol. The van der Waals surface area contributed by atoms with E-state index in [1.807, 2.05) is 4.57 Å². The predicted octanol–water partition coefficient (Wildman–Crippen LogP) is 2.90. The Morgan fingerprint density at radius 3 is 2.78 bits per heavy atom. The van der Waals surface area contributed by atoms with Gasteiger partial charge in [0, 0.05) is 39.8 Å². The Balaban J connectivity index is 1.44. The van der Waals surface area contributed by atoms with E-state index in [-0.39, 0.29) is 46.4 Å². The lowest BCUT2D eigenvalue weighted by atomic mass is 9.98. The van der Waals surface area contributed by atoms with Crippen LogP contribution in [0.5, 0.6) is 5.75 Å². The molecule has 0 aromatic carbocycles. The number of fused-ring (bicyclic) bond motifs is 3. The molecular formula is C24H23Cl2FN6O4. The molecule has 0 fully saturated rings. The zero-order valence-corrected chi connectivity index (χ0v) is 21.6. The van der Waals surface area contributed by atoms with Crippen LogP contribution in [0.4, 0.5) is 4.39 Å². The van der Waals surface area contributed by atoms with Gasteiger partial charge in [-0.3, -0.25) is 14.6 Å². The minimum atomic E-state index is -0.829. The first-order valence-electron chi connectivity index (χ1n) is 11.5. The number of halogens is 3. The van der Waals surface area contributed by atoms with Crippen LogP contribution >= 0.6 is 23.2 Å². The number of imidazole rings is 1. The maximum absolute atomic E-state index is 15.1. The first-order chi connectivity index (χ1) is 17.7. The fourth-order valence-electron chi connectivity index (χ4n) is 4.51. The summed E-state index contributed by atoms with van der Waals surface area (Å²) >= 11 is 12.2. The van der Waals surface area contributed by atoms with E-state index in [1.54, 1.807) is 14.1 Å². The Kier molecular flexibility index (Phi) is 7.02. The fraction of sp³-hybridized carbons (Fsp3) is 0.375. The van der Waals surface area contributed by atoms with Crippen molar-refractivity contribution in [2.45, 2.75) is 25.6 Å². The molecule has 0 bridgehead atoms. The molecule has 2 aliphatic rings. The highest BCUT2D eigenvalue weighted by atomic mass is 35.5. The maximum Gasteiger partial charge on any atom is 0.271 e. The molecule has 194 valence electrons. The second-order valence-electron chi connectivity index (χ2n) is 8.80. The van der Waals surface area contributed by atoms with Gasteiger partial charge in [-0.15, -0.1) is 0 Å². The standard InChI is InChI=1S/C24H23Cl2FN6O4/c1-31(2)24(35)16-3-4-17(23(26)30-16)37-12-19(34)33-6-5-15-21(32-7-8-36-11-18(32)29-15)22(33)20-14(27)9-13(25)10-28-20/h3-4,9-10,22H,5-8,11-12H2,1-2H3. The molecule has 3 aromatic rings. The number of hydrogen-bond donors (Lipinski definition) is 0. The van der Waals surface area contributed by atoms with Gasteiger partial charge in [-0.25, -0.2) is 14.4 Å². The molecule has 0 saturated carbocycles. The molecule has 1 atom stereocenters. The summed E-state index contributed by atoms with van der Waals surface area (Å²) in [5.74, 6) is -0.469. The average Bonchev–Trinajstić information content (AvgIpc) is 3.26. The van der Waals surface area contributed by atoms with Crippen LogP contribution in [0.25, 0.3) is 0 Å². The van der Waals surface area contributed by atoms with E-state index in [1.165, 1.54) is 34.2 Å². The van der Waals surface area contributed by atoms with Crippen molar-refractivity contribution >= 4 is 35.0 Å². The second kappa shape index (κ2) is 10.2. The van der Waals surface area contributed by atoms with Crippen molar-refractivity contribution in [1.82, 2.24) is 29.3 Å². The van der Waals surface area contributed by atoms with E-state index in [2.05, 4.69) is 15.0 Å². The fourth-order valence-corrected chi connectivity index (χ4v) is 4.86. The van der Waals surface area contributed by atoms with Crippen LogP contribution in [0.2, 0.25) is 10.2 Å². The van der Waals surface area contributed by atoms with E-state index in [0.717, 1.165) is 11.5 Å². The highest BCUT2D eigenvalue weighted by Gasteiger charge is 2.39. The topological polar surface area (TPSA) is 103 Å². The quantitative estimate of drug-likeness (QED) is 0.451. The first kappa shape index (κ1) is 25.4. The summed E-state index contributed by atoms with van der Waals surface area (Å²) in [5.41, 5.74) is 1.70. The molecule has 0 aliphatic carbocycles. The number of nitrogens with zero attached hydrogens (tertiary/aromatic N) is 6. The number of pyridine rings is 2. The van der Waals surface area contributed by atoms with Gasteiger partial charge in [0.25, 0.3) is 11.8 Å². The first-order valence-corrected chi connectivity index (χ1v) is 12.3. The van der Waals surface area contributed by atoms with Gasteiger partial charge in [0.15, 0.2) is 17.5 Å². The van der Waals surface area contributed by atoms with Crippen LogP contribution in [0.15, 0.2) is 24.4 Å². The van der Waals surface area contributed by atoms with E-state index in [0.29, 0.717) is 31.9 Å². The van der Waals surface area contributed by atoms with Crippen LogP contribution in [0, 0.1) is 5.82 Å². The van der Waals surface area contributed by atoms with Gasteiger partial charge in [-0.05, 0) is 18.2 Å². The van der Waals surface area contributed by atoms with Gasteiger partial charge in [-0.1, -0.05) is 23.2 Å². The van der Waals surface area contributed by atoms with Gasteiger partial charge < -0.3 is 23.8 Å². The SMILES string of the molecule is CN(C)C(=O)c1ccc(OCC(=O)N2CCc3nc4n(c3C2c2ncc(Cl)cc2F)CCOC4)c(Cl)n1. The van der Waals surface area contributed by atoms with Crippen molar-refractivity contribution in [1.29, 1.82) is 0 Å². The van der Waals surface area contributed by atoms with Gasteiger partial charge in [0.2, 0.25) is 0 Å². The summed E-state index contributed by atoms with van der Waals surface area (Å²) in [7, 11) is 3.20. The van der Waals surface area contributed by atoms with Crippen molar-refractivity contribution in [2.75, 3.05) is 33.9 Å². The molecular weight excluding hydrogens is 526 g/mol. The highest BCUT2D eigenvalue weighted by molar-refractivity contribution is 6.31. The van der Waals surface area contributed by atoms with Crippen LogP contribution in [0.3, 0.4) is 0 Å². The van der Waals surface area contributed by atoms with E-state index < -0.39 is 17.8 Å². The van der Waals surface area contributed by atoms with Crippen LogP contribution in [0.1, 0.15) is 39.4 Å². The highest BCUT2D eigenvalue weighted by Crippen LogP contribution is 2.37. The van der Waals surface area contributed by atoms with Crippen molar-refractivity contribution < 1.29 is 23.5 Å². The summed E-state index contributed by atoms with van der Waals surface area (Å²) in [5, 5.41) is 0.105. The van der Waals surface area contributed by atoms with Crippen molar-refractivity contribution in [3.63, 3.8) is 0 Å². The summed E-state index contributed by atoms with van der Waals surface area (Å²) in [6.07, 6.45) is 1.84. The van der Waals surface area contributed by atoms with Crippen molar-refractivity contribution in [3.05, 3.63) is 69.0 Å². The molecule has 1 unspecified atom stereocenters. The number of carbonyl (C=O) groups is 2. The Labute approximate surface area is 221 Å². The lowest BCUT2D eigenvalue weighted by Crippen LogP contribution is -2.44. The van der Waals surface area contributed by atoms with Gasteiger partial charge >= 0.3 is 0 Å². The number of carbonyl (C=O) groups excluding carboxylic acids is 2. The minimum absolute atomic E-state index is 0.0479. The Bertz CT molecular complexity index is 1380. The molecule has 2 aliphatic heterocycles. The molecule has 10 nitrogen and oxygen atoms in total. The second-order valence-corrected chi connectivity index (χ2v) is 9.59. The summed E-state index contributed by atoms with van der Waals surface area (Å²) in [6, 6.07) is 3.30. The molecule has 0 spiro atoms. The molecule has 5 rings (SSSR count). The summed E-state index contributed by atoms with van der Waals surface area (Å²) in [4.78, 5) is 41.5. The monoisotopic (exact) mass is 548 g/mol. The van der Waals surface area contributed by atoms with Gasteiger partial charge in [-0.2, -0.15) is 0 Å². The van der Waals surface area contributed by atoms with E-state index in [4.69, 9.17) is 32.7 Å². The molecule has 3 aromatic heterocycles. The van der Waals surface area contributed by atoms with Crippen LogP contribution in [-0.2, 0) is 29.1 Å². The smallest absolute Gasteiger partial charge is 0.271 e. The Morgan fingerprint density at radius 2 is 2.05 bits per heavy atom. The summed E-state index contributed by atoms with van der Waals surface area (Å²) in [6.45, 7) is 1.25. The molecule has 5 heterocycles. The molecule has 0 saturated heterocycles. The summed E-state index contributed by atoms with van der Waals surface area (Å²) < 4.78 is 28.3. The number of ether oxygens (including phenoxy) is 2. The maximum atomic E-state index is 15.1. The average molecular weight is 549 g/mol. The van der Waals surface area contributed by atoms with Gasteiger partial charge in [0.05, 0.1) is 23.0 Å². The van der Waals surface area contributed by atoms with Crippen molar-refractivity contribution in [3.8, 4) is 5.75 Å². The van der Waals surface area contributed by atoms with Crippen molar-refractivity contribution in [2.24, 2.45) is 0 Å². The Morgan fingerprint density at radius 1 is 1.24 bits per heavy atom. The third kappa shape index (κ3) is 4.86. The lowest BCUT2D eigenvalue weighted by Gasteiger charge is -2.36. The number of rotatable bonds is 5. The van der Waals surface area contributed by atoms with Gasteiger partial charge in [0.1, 0.15) is 35.7 Å². The zero-order valence-electron chi connectivity index (χ0n) is 20.1. The number of hydrogen-bond acceptors (Lipinski definition) is 7. The van der Waals surface area contributed by atoms with Crippen LogP contribution < -0.4 is 4.74 Å². The number of amides is 2. The molecule has 0 radical (unpaired) electrons. The minimum Gasteiger partial charge on any atom is -0.481 e. The normalized spacial score (nSPS) is 16.7. The number of aromatic nitrogens is 4. The third-order valence-electron chi connectivity index (χ3n) is 6.22. The molecule has 2 amide bonds. The molecule has 0 N–H and O–H groups in total. The Hall–Kier alpha value is -3.28. The zero-order chi connectivity index (χ0) is 26.3. The van der Waals surface area contributed by atoms with E-state index in [9.17, 15) is 9.59 Å². The largest absolute Gasteiger partial charge is 0.481 e. The van der Waals surface area contributed by atoms with E-state index >= 15 is 4.39 Å². The third-order valence-corrected chi connectivity index (χ3v) is 6.70. The molecule has 13 heteroatoms. The lowest BCUT2D eigenvalue weighted by molar-refractivity contribution is -0.135.